The van der Waals surface area contributed by atoms with Crippen LogP contribution in [-0.2, 0) is 4.57 Å². The molecule has 0 aromatic heterocycles. The van der Waals surface area contributed by atoms with Crippen molar-refractivity contribution in [2.45, 2.75) is 0 Å². The van der Waals surface area contributed by atoms with Crippen LogP contribution in [0.15, 0.2) is 206 Å². The number of benzene rings is 8. The van der Waals surface area contributed by atoms with E-state index in [0.717, 1.165) is 77.6 Å². The molecule has 8 aromatic carbocycles. The Balaban J connectivity index is 1.34. The average molecular weight is 672 g/mol. The van der Waals surface area contributed by atoms with E-state index >= 15 is 4.57 Å². The molecule has 3 heteroatoms. The van der Waals surface area contributed by atoms with Gasteiger partial charge >= 0.3 is 0 Å². The fourth-order valence-electron chi connectivity index (χ4n) is 7.34. The van der Waals surface area contributed by atoms with Crippen molar-refractivity contribution in [2.24, 2.45) is 0 Å². The molecule has 0 radical (unpaired) electrons. The lowest BCUT2D eigenvalue weighted by atomic mass is 9.94. The van der Waals surface area contributed by atoms with E-state index in [1.165, 1.54) is 0 Å². The highest BCUT2D eigenvalue weighted by atomic mass is 31.2. The maximum Gasteiger partial charge on any atom is 0.234 e. The van der Waals surface area contributed by atoms with Gasteiger partial charge in [0.15, 0.2) is 0 Å². The highest BCUT2D eigenvalue weighted by Gasteiger charge is 2.43. The van der Waals surface area contributed by atoms with Crippen LogP contribution < -0.4 is 15.3 Å². The first-order valence-corrected chi connectivity index (χ1v) is 18.9. The van der Waals surface area contributed by atoms with Gasteiger partial charge in [-0.2, -0.15) is 0 Å². The van der Waals surface area contributed by atoms with Gasteiger partial charge in [-0.3, -0.25) is 9.24 Å². The summed E-state index contributed by atoms with van der Waals surface area (Å²) in [6, 6.07) is 71.6. The Labute approximate surface area is 299 Å². The largest absolute Gasteiger partial charge is 0.289 e. The minimum absolute atomic E-state index is 0.792. The van der Waals surface area contributed by atoms with Crippen LogP contribution in [0, 0.1) is 0 Å². The smallest absolute Gasteiger partial charge is 0.234 e. The summed E-state index contributed by atoms with van der Waals surface area (Å²) in [6.07, 6.45) is 0. The fourth-order valence-corrected chi connectivity index (χ4v) is 10.4. The van der Waals surface area contributed by atoms with Crippen LogP contribution in [0.4, 0.5) is 11.4 Å². The van der Waals surface area contributed by atoms with Crippen molar-refractivity contribution in [1.82, 2.24) is 0 Å². The third kappa shape index (κ3) is 5.51. The third-order valence-corrected chi connectivity index (χ3v) is 12.9. The summed E-state index contributed by atoms with van der Waals surface area (Å²) >= 11 is 0. The molecule has 0 aliphatic carbocycles. The number of rotatable bonds is 6. The summed E-state index contributed by atoms with van der Waals surface area (Å²) in [4.78, 5) is 0. The highest BCUT2D eigenvalue weighted by molar-refractivity contribution is 7.80. The second kappa shape index (κ2) is 12.9. The van der Waals surface area contributed by atoms with E-state index in [-0.39, 0.29) is 0 Å². The van der Waals surface area contributed by atoms with Gasteiger partial charge in [-0.25, -0.2) is 0 Å². The first-order chi connectivity index (χ1) is 25.2. The van der Waals surface area contributed by atoms with Crippen LogP contribution in [0.3, 0.4) is 0 Å². The van der Waals surface area contributed by atoms with Gasteiger partial charge in [-0.1, -0.05) is 158 Å². The Bertz CT molecular complexity index is 2550. The van der Waals surface area contributed by atoms with Crippen molar-refractivity contribution in [1.29, 1.82) is 0 Å². The zero-order chi connectivity index (χ0) is 34.2. The van der Waals surface area contributed by atoms with E-state index in [9.17, 15) is 0 Å². The van der Waals surface area contributed by atoms with Crippen LogP contribution in [0.1, 0.15) is 0 Å². The van der Waals surface area contributed by atoms with Crippen molar-refractivity contribution in [3.8, 4) is 55.6 Å². The number of anilines is 2. The molecule has 0 bridgehead atoms. The van der Waals surface area contributed by atoms with Crippen LogP contribution in [0.2, 0.25) is 0 Å². The Hall–Kier alpha value is -6.21. The van der Waals surface area contributed by atoms with Gasteiger partial charge in [0.25, 0.3) is 0 Å². The van der Waals surface area contributed by atoms with Crippen molar-refractivity contribution in [3.05, 3.63) is 206 Å². The van der Waals surface area contributed by atoms with Gasteiger partial charge in [0.2, 0.25) is 7.29 Å². The minimum Gasteiger partial charge on any atom is -0.289 e. The van der Waals surface area contributed by atoms with E-state index < -0.39 is 7.29 Å². The van der Waals surface area contributed by atoms with Gasteiger partial charge in [0.05, 0.1) is 5.69 Å². The summed E-state index contributed by atoms with van der Waals surface area (Å²) in [5.41, 5.74) is 12.6. The van der Waals surface area contributed by atoms with Crippen LogP contribution in [-0.4, -0.2) is 0 Å². The Morgan fingerprint density at radius 3 is 1.31 bits per heavy atom. The predicted molar refractivity (Wildman–Crippen MR) is 216 cm³/mol. The molecule has 51 heavy (non-hydrogen) atoms. The number of hydrogen-bond acceptors (Lipinski definition) is 1. The molecular formula is C48H34NOP. The molecular weight excluding hydrogens is 638 g/mol. The first-order valence-electron chi connectivity index (χ1n) is 17.3. The Kier molecular flexibility index (Phi) is 7.81. The van der Waals surface area contributed by atoms with Crippen LogP contribution in [0.25, 0.3) is 55.6 Å². The van der Waals surface area contributed by atoms with E-state index in [1.54, 1.807) is 0 Å². The molecule has 8 aromatic rings. The van der Waals surface area contributed by atoms with E-state index in [1.807, 2.05) is 48.5 Å². The normalized spacial score (nSPS) is 14.8. The molecule has 2 nitrogen and oxygen atoms in total. The number of fused-ring (bicyclic) bond motifs is 3. The maximum absolute atomic E-state index is 16.7. The van der Waals surface area contributed by atoms with Gasteiger partial charge < -0.3 is 0 Å². The first kappa shape index (κ1) is 30.8. The molecule has 0 saturated carbocycles. The molecule has 0 saturated heterocycles. The fraction of sp³-hybridized carbons (Fsp3) is 0. The number of nitrogens with zero attached hydrogens (tertiary/aromatic N) is 1. The molecule has 0 spiro atoms. The van der Waals surface area contributed by atoms with Crippen LogP contribution >= 0.6 is 7.29 Å². The predicted octanol–water partition coefficient (Wildman–Crippen LogP) is 12.4. The highest BCUT2D eigenvalue weighted by Crippen LogP contribution is 2.62. The van der Waals surface area contributed by atoms with E-state index in [2.05, 4.69) is 162 Å². The Morgan fingerprint density at radius 2 is 0.765 bits per heavy atom. The van der Waals surface area contributed by atoms with E-state index in [0.29, 0.717) is 0 Å². The average Bonchev–Trinajstić information content (AvgIpc) is 3.22. The van der Waals surface area contributed by atoms with Gasteiger partial charge in [0.1, 0.15) is 0 Å². The SMILES string of the molecule is O=P1(c2cccc(-c3ccccc3)c2)c2ccc(-c3ccccc3)cc2-c2cc(-c3ccccc3)ccc2N1c1cccc(-c2ccccc2)c1. The molecule has 1 heterocycles. The summed E-state index contributed by atoms with van der Waals surface area (Å²) in [5.74, 6) is 0. The molecule has 1 aliphatic heterocycles. The molecule has 242 valence electrons. The topological polar surface area (TPSA) is 20.3 Å². The van der Waals surface area contributed by atoms with Crippen LogP contribution in [0.5, 0.6) is 0 Å². The van der Waals surface area contributed by atoms with Gasteiger partial charge in [-0.05, 0) is 98.6 Å². The third-order valence-electron chi connectivity index (χ3n) is 9.83. The zero-order valence-electron chi connectivity index (χ0n) is 27.9. The summed E-state index contributed by atoms with van der Waals surface area (Å²) < 4.78 is 18.8. The second-order valence-electron chi connectivity index (χ2n) is 12.9. The molecule has 1 unspecified atom stereocenters. The number of hydrogen-bond donors (Lipinski definition) is 0. The van der Waals surface area contributed by atoms with Gasteiger partial charge in [0, 0.05) is 21.9 Å². The van der Waals surface area contributed by atoms with Crippen molar-refractivity contribution < 1.29 is 4.57 Å². The summed E-state index contributed by atoms with van der Waals surface area (Å²) in [5, 5.41) is 1.62. The van der Waals surface area contributed by atoms with Crippen molar-refractivity contribution in [2.75, 3.05) is 4.67 Å². The zero-order valence-corrected chi connectivity index (χ0v) is 28.8. The van der Waals surface area contributed by atoms with E-state index in [4.69, 9.17) is 0 Å². The quantitative estimate of drug-likeness (QED) is 0.164. The van der Waals surface area contributed by atoms with Crippen molar-refractivity contribution >= 4 is 29.3 Å². The molecule has 0 N–H and O–H groups in total. The molecule has 9 rings (SSSR count). The lowest BCUT2D eigenvalue weighted by Gasteiger charge is -2.41. The maximum atomic E-state index is 16.7. The molecule has 1 atom stereocenters. The van der Waals surface area contributed by atoms with Gasteiger partial charge in [-0.15, -0.1) is 0 Å². The molecule has 1 aliphatic rings. The second-order valence-corrected chi connectivity index (χ2v) is 15.5. The molecule has 0 fully saturated rings. The molecule has 0 amide bonds. The summed E-state index contributed by atoms with van der Waals surface area (Å²) in [7, 11) is -3.54. The van der Waals surface area contributed by atoms with Crippen molar-refractivity contribution in [3.63, 3.8) is 0 Å². The summed E-state index contributed by atoms with van der Waals surface area (Å²) in [6.45, 7) is 0. The monoisotopic (exact) mass is 671 g/mol. The standard InChI is InChI=1S/C48H34NOP/c50-51(44-26-14-24-40(32-44)36-17-7-2-8-18-36)48-30-28-42(38-21-11-4-12-22-38)34-46(48)45-33-41(37-19-9-3-10-20-37)27-29-47(45)49(51)43-25-13-23-39(31-43)35-15-5-1-6-16-35/h1-34H. The lowest BCUT2D eigenvalue weighted by molar-refractivity contribution is 0.587. The Morgan fingerprint density at radius 1 is 0.333 bits per heavy atom. The minimum atomic E-state index is -3.54. The lowest BCUT2D eigenvalue weighted by Crippen LogP contribution is -2.33.